The van der Waals surface area contributed by atoms with E-state index in [1.807, 2.05) is 13.8 Å². The molecule has 1 aromatic heterocycles. The van der Waals surface area contributed by atoms with E-state index in [0.717, 1.165) is 0 Å². The fourth-order valence-corrected chi connectivity index (χ4v) is 2.24. The maximum atomic E-state index is 11.8. The third kappa shape index (κ3) is 3.75. The highest BCUT2D eigenvalue weighted by Gasteiger charge is 2.11. The Morgan fingerprint density at radius 2 is 2.24 bits per heavy atom. The first-order valence-electron chi connectivity index (χ1n) is 5.48. The number of thioether (sulfide) groups is 1. The number of carbonyl (C=O) groups is 1. The van der Waals surface area contributed by atoms with Crippen LogP contribution >= 0.6 is 11.8 Å². The van der Waals surface area contributed by atoms with Crippen LogP contribution in [0.25, 0.3) is 0 Å². The van der Waals surface area contributed by atoms with Crippen LogP contribution in [0.15, 0.2) is 23.4 Å². The molecule has 0 saturated heterocycles. The normalized spacial score (nSPS) is 9.71. The molecule has 5 heteroatoms. The molecule has 0 saturated carbocycles. The molecule has 17 heavy (non-hydrogen) atoms. The van der Waals surface area contributed by atoms with Crippen molar-refractivity contribution in [3.8, 4) is 6.07 Å². The molecule has 0 aromatic carbocycles. The number of amides is 1. The molecular formula is C12H15N3OS. The van der Waals surface area contributed by atoms with Crippen LogP contribution in [0.3, 0.4) is 0 Å². The van der Waals surface area contributed by atoms with Gasteiger partial charge in [-0.05, 0) is 26.0 Å². The third-order valence-electron chi connectivity index (χ3n) is 2.34. The van der Waals surface area contributed by atoms with Gasteiger partial charge in [-0.25, -0.2) is 4.98 Å². The molecule has 0 atom stereocenters. The lowest BCUT2D eigenvalue weighted by atomic mass is 10.3. The second kappa shape index (κ2) is 6.92. The molecule has 0 spiro atoms. The van der Waals surface area contributed by atoms with Crippen LogP contribution in [0.5, 0.6) is 0 Å². The van der Waals surface area contributed by atoms with Crippen molar-refractivity contribution in [2.24, 2.45) is 0 Å². The first kappa shape index (κ1) is 13.5. The van der Waals surface area contributed by atoms with E-state index >= 15 is 0 Å². The number of rotatable bonds is 5. The average molecular weight is 249 g/mol. The summed E-state index contributed by atoms with van der Waals surface area (Å²) in [5, 5.41) is 9.51. The van der Waals surface area contributed by atoms with Gasteiger partial charge >= 0.3 is 0 Å². The van der Waals surface area contributed by atoms with Crippen molar-refractivity contribution >= 4 is 17.7 Å². The minimum atomic E-state index is 0.0783. The molecule has 0 radical (unpaired) electrons. The summed E-state index contributed by atoms with van der Waals surface area (Å²) in [5.41, 5.74) is 0.518. The first-order chi connectivity index (χ1) is 8.22. The largest absolute Gasteiger partial charge is 0.343 e. The summed E-state index contributed by atoms with van der Waals surface area (Å²) < 4.78 is 0. The summed E-state index contributed by atoms with van der Waals surface area (Å²) in [7, 11) is 0. The lowest BCUT2D eigenvalue weighted by Crippen LogP contribution is -2.31. The minimum Gasteiger partial charge on any atom is -0.343 e. The van der Waals surface area contributed by atoms with E-state index in [1.54, 1.807) is 23.2 Å². The molecule has 4 nitrogen and oxygen atoms in total. The Bertz CT molecular complexity index is 424. The van der Waals surface area contributed by atoms with Gasteiger partial charge in [0, 0.05) is 19.3 Å². The summed E-state index contributed by atoms with van der Waals surface area (Å²) >= 11 is 1.31. The van der Waals surface area contributed by atoms with Crippen molar-refractivity contribution in [3.05, 3.63) is 23.9 Å². The molecule has 0 N–H and O–H groups in total. The summed E-state index contributed by atoms with van der Waals surface area (Å²) in [6, 6.07) is 5.49. The zero-order valence-corrected chi connectivity index (χ0v) is 10.8. The van der Waals surface area contributed by atoms with Gasteiger partial charge in [0.05, 0.1) is 11.3 Å². The number of hydrogen-bond donors (Lipinski definition) is 0. The topological polar surface area (TPSA) is 57.0 Å². The van der Waals surface area contributed by atoms with E-state index in [0.29, 0.717) is 29.4 Å². The molecule has 0 unspecified atom stereocenters. The van der Waals surface area contributed by atoms with Gasteiger partial charge in [0.25, 0.3) is 0 Å². The predicted octanol–water partition coefficient (Wildman–Crippen LogP) is 1.91. The molecule has 1 rings (SSSR count). The monoisotopic (exact) mass is 249 g/mol. The van der Waals surface area contributed by atoms with Crippen molar-refractivity contribution in [2.75, 3.05) is 18.8 Å². The van der Waals surface area contributed by atoms with Crippen LogP contribution in [-0.4, -0.2) is 34.6 Å². The molecule has 0 aliphatic heterocycles. The van der Waals surface area contributed by atoms with Crippen LogP contribution in [0, 0.1) is 11.3 Å². The fraction of sp³-hybridized carbons (Fsp3) is 0.417. The van der Waals surface area contributed by atoms with Crippen molar-refractivity contribution in [1.29, 1.82) is 5.26 Å². The van der Waals surface area contributed by atoms with Crippen LogP contribution in [0.2, 0.25) is 0 Å². The number of carbonyl (C=O) groups excluding carboxylic acids is 1. The Kier molecular flexibility index (Phi) is 5.50. The highest BCUT2D eigenvalue weighted by molar-refractivity contribution is 7.99. The highest BCUT2D eigenvalue weighted by atomic mass is 32.2. The first-order valence-corrected chi connectivity index (χ1v) is 6.47. The molecule has 90 valence electrons. The van der Waals surface area contributed by atoms with Crippen LogP contribution in [0.1, 0.15) is 19.4 Å². The standard InChI is InChI=1S/C12H15N3OS/c1-3-15(4-2)11(16)9-17-12-10(8-13)6-5-7-14-12/h5-7H,3-4,9H2,1-2H3. The van der Waals surface area contributed by atoms with Crippen molar-refractivity contribution < 1.29 is 4.79 Å². The van der Waals surface area contributed by atoms with Gasteiger partial charge in [-0.2, -0.15) is 5.26 Å². The molecule has 1 heterocycles. The van der Waals surface area contributed by atoms with Crippen molar-refractivity contribution in [3.63, 3.8) is 0 Å². The molecule has 0 aliphatic carbocycles. The average Bonchev–Trinajstić information content (AvgIpc) is 2.38. The van der Waals surface area contributed by atoms with E-state index in [-0.39, 0.29) is 5.91 Å². The van der Waals surface area contributed by atoms with E-state index in [2.05, 4.69) is 11.1 Å². The Labute approximate surface area is 106 Å². The predicted molar refractivity (Wildman–Crippen MR) is 67.6 cm³/mol. The van der Waals surface area contributed by atoms with Gasteiger partial charge in [0.1, 0.15) is 11.1 Å². The summed E-state index contributed by atoms with van der Waals surface area (Å²) in [6.07, 6.45) is 1.63. The van der Waals surface area contributed by atoms with Gasteiger partial charge in [-0.3, -0.25) is 4.79 Å². The van der Waals surface area contributed by atoms with Gasteiger partial charge in [0.2, 0.25) is 5.91 Å². The van der Waals surface area contributed by atoms with E-state index < -0.39 is 0 Å². The van der Waals surface area contributed by atoms with Crippen molar-refractivity contribution in [1.82, 2.24) is 9.88 Å². The third-order valence-corrected chi connectivity index (χ3v) is 3.33. The molecule has 1 aromatic rings. The molecule has 0 fully saturated rings. The van der Waals surface area contributed by atoms with E-state index in [4.69, 9.17) is 5.26 Å². The Hall–Kier alpha value is -1.54. The molecule has 0 bridgehead atoms. The number of hydrogen-bond acceptors (Lipinski definition) is 4. The second-order valence-electron chi connectivity index (χ2n) is 3.32. The van der Waals surface area contributed by atoms with Gasteiger partial charge < -0.3 is 4.90 Å². The second-order valence-corrected chi connectivity index (χ2v) is 4.29. The molecule has 0 aliphatic rings. The van der Waals surface area contributed by atoms with Gasteiger partial charge in [-0.15, -0.1) is 0 Å². The molecular weight excluding hydrogens is 234 g/mol. The summed E-state index contributed by atoms with van der Waals surface area (Å²) in [4.78, 5) is 17.6. The fourth-order valence-electron chi connectivity index (χ4n) is 1.39. The number of nitriles is 1. The van der Waals surface area contributed by atoms with E-state index in [9.17, 15) is 4.79 Å². The lowest BCUT2D eigenvalue weighted by Gasteiger charge is -2.18. The summed E-state index contributed by atoms with van der Waals surface area (Å²) in [5.74, 6) is 0.405. The lowest BCUT2D eigenvalue weighted by molar-refractivity contribution is -0.127. The zero-order chi connectivity index (χ0) is 12.7. The highest BCUT2D eigenvalue weighted by Crippen LogP contribution is 2.19. The SMILES string of the molecule is CCN(CC)C(=O)CSc1ncccc1C#N. The Morgan fingerprint density at radius 1 is 1.53 bits per heavy atom. The van der Waals surface area contributed by atoms with Crippen LogP contribution in [-0.2, 0) is 4.79 Å². The van der Waals surface area contributed by atoms with Crippen molar-refractivity contribution in [2.45, 2.75) is 18.9 Å². The quantitative estimate of drug-likeness (QED) is 0.748. The Morgan fingerprint density at radius 3 is 2.82 bits per heavy atom. The number of aromatic nitrogens is 1. The Balaban J connectivity index is 2.62. The number of nitrogens with zero attached hydrogens (tertiary/aromatic N) is 3. The smallest absolute Gasteiger partial charge is 0.232 e. The summed E-state index contributed by atoms with van der Waals surface area (Å²) in [6.45, 7) is 5.33. The van der Waals surface area contributed by atoms with Crippen LogP contribution < -0.4 is 0 Å². The van der Waals surface area contributed by atoms with Crippen LogP contribution in [0.4, 0.5) is 0 Å². The molecule has 1 amide bonds. The minimum absolute atomic E-state index is 0.0783. The number of pyridine rings is 1. The van der Waals surface area contributed by atoms with Gasteiger partial charge in [-0.1, -0.05) is 11.8 Å². The van der Waals surface area contributed by atoms with Gasteiger partial charge in [0.15, 0.2) is 0 Å². The maximum absolute atomic E-state index is 11.8. The maximum Gasteiger partial charge on any atom is 0.232 e. The zero-order valence-electron chi connectivity index (χ0n) is 10.0. The van der Waals surface area contributed by atoms with E-state index in [1.165, 1.54) is 11.8 Å².